The summed E-state index contributed by atoms with van der Waals surface area (Å²) in [5, 5.41) is 4.76. The normalized spacial score (nSPS) is 11.5. The van der Waals surface area contributed by atoms with Gasteiger partial charge in [0.25, 0.3) is 0 Å². The second kappa shape index (κ2) is 12.6. The molecule has 0 bridgehead atoms. The number of anilines is 6. The van der Waals surface area contributed by atoms with Crippen molar-refractivity contribution >= 4 is 87.6 Å². The molecule has 0 radical (unpaired) electrons. The number of fused-ring (bicyclic) bond motifs is 6. The Labute approximate surface area is 305 Å². The fourth-order valence-electron chi connectivity index (χ4n) is 7.48. The molecule has 0 fully saturated rings. The Balaban J connectivity index is 1.13. The summed E-state index contributed by atoms with van der Waals surface area (Å²) >= 11 is 1.87. The number of benzene rings is 8. The van der Waals surface area contributed by atoms with Crippen LogP contribution in [-0.2, 0) is 0 Å². The number of hydrogen-bond acceptors (Lipinski definition) is 4. The molecule has 8 aromatic carbocycles. The summed E-state index contributed by atoms with van der Waals surface area (Å²) in [5.74, 6) is 0. The first-order valence-electron chi connectivity index (χ1n) is 17.5. The molecule has 0 atom stereocenters. The van der Waals surface area contributed by atoms with E-state index in [1.165, 1.54) is 37.0 Å². The van der Waals surface area contributed by atoms with Crippen LogP contribution in [0.5, 0.6) is 0 Å². The summed E-state index contributed by atoms with van der Waals surface area (Å²) in [6.45, 7) is 0. The van der Waals surface area contributed by atoms with Gasteiger partial charge in [-0.15, -0.1) is 11.3 Å². The van der Waals surface area contributed by atoms with E-state index in [0.29, 0.717) is 0 Å². The Morgan fingerprint density at radius 1 is 0.346 bits per heavy atom. The maximum absolute atomic E-state index is 6.19. The fourth-order valence-corrected chi connectivity index (χ4v) is 8.82. The van der Waals surface area contributed by atoms with Crippen molar-refractivity contribution < 1.29 is 4.42 Å². The topological polar surface area (TPSA) is 19.6 Å². The Morgan fingerprint density at radius 2 is 0.885 bits per heavy atom. The molecule has 0 amide bonds. The molecule has 0 aliphatic carbocycles. The van der Waals surface area contributed by atoms with E-state index >= 15 is 0 Å². The molecule has 246 valence electrons. The minimum Gasteiger partial charge on any atom is -0.456 e. The van der Waals surface area contributed by atoms with Crippen molar-refractivity contribution in [2.75, 3.05) is 9.80 Å². The minimum atomic E-state index is 0.889. The van der Waals surface area contributed by atoms with E-state index in [2.05, 4.69) is 192 Å². The summed E-state index contributed by atoms with van der Waals surface area (Å²) in [6.07, 6.45) is 0. The zero-order valence-electron chi connectivity index (χ0n) is 28.2. The average Bonchev–Trinajstić information content (AvgIpc) is 3.78. The Morgan fingerprint density at radius 3 is 1.62 bits per heavy atom. The number of hydrogen-bond donors (Lipinski definition) is 0. The molecule has 0 saturated heterocycles. The SMILES string of the molecule is c1ccc(N(c2cccc(-c3cccc4c3sc3c(N(c5ccccc5)c5ccccc5)cccc34)c2)c2ccc3oc4ccccc4c3c2)cc1. The van der Waals surface area contributed by atoms with Gasteiger partial charge in [-0.25, -0.2) is 0 Å². The molecule has 0 saturated carbocycles. The average molecular weight is 685 g/mol. The smallest absolute Gasteiger partial charge is 0.135 e. The molecule has 4 heteroatoms. The van der Waals surface area contributed by atoms with Crippen LogP contribution in [0.1, 0.15) is 0 Å². The molecule has 0 aliphatic rings. The maximum atomic E-state index is 6.19. The lowest BCUT2D eigenvalue weighted by molar-refractivity contribution is 0.669. The van der Waals surface area contributed by atoms with E-state index < -0.39 is 0 Å². The van der Waals surface area contributed by atoms with Crippen LogP contribution in [-0.4, -0.2) is 0 Å². The third-order valence-electron chi connectivity index (χ3n) is 9.82. The van der Waals surface area contributed by atoms with E-state index in [4.69, 9.17) is 4.42 Å². The standard InChI is InChI=1S/C48H32N2OS/c1-4-16-34(17-5-1)49(38-29-30-46-43(32-38)40-23-10-11-28-45(40)51-46)37-22-12-15-33(31-37)39-24-13-25-41-42-26-14-27-44(48(42)52-47(39)41)50(35-18-6-2-7-19-35)36-20-8-3-9-21-36/h1-32H. The van der Waals surface area contributed by atoms with Crippen molar-refractivity contribution in [2.45, 2.75) is 0 Å². The van der Waals surface area contributed by atoms with Gasteiger partial charge in [0.1, 0.15) is 11.2 Å². The molecule has 0 N–H and O–H groups in total. The summed E-state index contributed by atoms with van der Waals surface area (Å²) in [5.41, 5.74) is 10.9. The van der Waals surface area contributed by atoms with Gasteiger partial charge in [-0.2, -0.15) is 0 Å². The molecule has 3 nitrogen and oxygen atoms in total. The Hall–Kier alpha value is -6.62. The van der Waals surface area contributed by atoms with Gasteiger partial charge in [-0.1, -0.05) is 115 Å². The summed E-state index contributed by atoms with van der Waals surface area (Å²) in [4.78, 5) is 4.71. The van der Waals surface area contributed by atoms with Crippen LogP contribution in [0.3, 0.4) is 0 Å². The molecule has 10 aromatic rings. The molecule has 2 aromatic heterocycles. The third-order valence-corrected chi connectivity index (χ3v) is 11.1. The number of thiophene rings is 1. The van der Waals surface area contributed by atoms with Crippen molar-refractivity contribution in [3.8, 4) is 11.1 Å². The lowest BCUT2D eigenvalue weighted by atomic mass is 10.0. The van der Waals surface area contributed by atoms with Gasteiger partial charge < -0.3 is 14.2 Å². The molecule has 2 heterocycles. The van der Waals surface area contributed by atoms with Gasteiger partial charge in [-0.3, -0.25) is 0 Å². The van der Waals surface area contributed by atoms with Gasteiger partial charge in [0.2, 0.25) is 0 Å². The summed E-state index contributed by atoms with van der Waals surface area (Å²) < 4.78 is 8.74. The van der Waals surface area contributed by atoms with E-state index in [1.807, 2.05) is 23.5 Å². The third kappa shape index (κ3) is 5.12. The van der Waals surface area contributed by atoms with Gasteiger partial charge in [0.05, 0.1) is 10.4 Å². The number of furan rings is 1. The lowest BCUT2D eigenvalue weighted by Crippen LogP contribution is -2.09. The van der Waals surface area contributed by atoms with Crippen molar-refractivity contribution in [3.05, 3.63) is 194 Å². The molecular formula is C48H32N2OS. The van der Waals surface area contributed by atoms with Crippen molar-refractivity contribution in [3.63, 3.8) is 0 Å². The zero-order valence-corrected chi connectivity index (χ0v) is 29.0. The lowest BCUT2D eigenvalue weighted by Gasteiger charge is -2.26. The highest BCUT2D eigenvalue weighted by Crippen LogP contribution is 2.47. The van der Waals surface area contributed by atoms with E-state index in [9.17, 15) is 0 Å². The number of nitrogens with zero attached hydrogens (tertiary/aromatic N) is 2. The summed E-state index contributed by atoms with van der Waals surface area (Å²) in [7, 11) is 0. The largest absolute Gasteiger partial charge is 0.456 e. The highest BCUT2D eigenvalue weighted by molar-refractivity contribution is 7.27. The molecule has 52 heavy (non-hydrogen) atoms. The maximum Gasteiger partial charge on any atom is 0.135 e. The second-order valence-corrected chi connectivity index (χ2v) is 14.0. The van der Waals surface area contributed by atoms with Gasteiger partial charge in [0.15, 0.2) is 0 Å². The van der Waals surface area contributed by atoms with Gasteiger partial charge in [0, 0.05) is 54.7 Å². The van der Waals surface area contributed by atoms with Crippen LogP contribution in [0.25, 0.3) is 53.2 Å². The van der Waals surface area contributed by atoms with Crippen LogP contribution < -0.4 is 9.80 Å². The molecule has 10 rings (SSSR count). The van der Waals surface area contributed by atoms with Gasteiger partial charge >= 0.3 is 0 Å². The van der Waals surface area contributed by atoms with E-state index in [0.717, 1.165) is 50.4 Å². The predicted octanol–water partition coefficient (Wildman–Crippen LogP) is 14.6. The van der Waals surface area contributed by atoms with Gasteiger partial charge in [-0.05, 0) is 90.0 Å². The first kappa shape index (κ1) is 30.2. The van der Waals surface area contributed by atoms with E-state index in [1.54, 1.807) is 0 Å². The molecule has 0 spiro atoms. The predicted molar refractivity (Wildman–Crippen MR) is 221 cm³/mol. The van der Waals surface area contributed by atoms with Crippen LogP contribution in [0.2, 0.25) is 0 Å². The van der Waals surface area contributed by atoms with Crippen LogP contribution in [0.15, 0.2) is 199 Å². The molecule has 0 unspecified atom stereocenters. The first-order valence-corrected chi connectivity index (χ1v) is 18.3. The molecular weight excluding hydrogens is 653 g/mol. The van der Waals surface area contributed by atoms with Crippen molar-refractivity contribution in [1.29, 1.82) is 0 Å². The summed E-state index contributed by atoms with van der Waals surface area (Å²) in [6, 6.07) is 69.0. The van der Waals surface area contributed by atoms with Crippen LogP contribution >= 0.6 is 11.3 Å². The highest BCUT2D eigenvalue weighted by atomic mass is 32.1. The fraction of sp³-hybridized carbons (Fsp3) is 0. The van der Waals surface area contributed by atoms with Crippen LogP contribution in [0.4, 0.5) is 34.1 Å². The minimum absolute atomic E-state index is 0.889. The monoisotopic (exact) mass is 684 g/mol. The van der Waals surface area contributed by atoms with Crippen LogP contribution in [0, 0.1) is 0 Å². The zero-order chi connectivity index (χ0) is 34.4. The first-order chi connectivity index (χ1) is 25.8. The highest BCUT2D eigenvalue weighted by Gasteiger charge is 2.20. The van der Waals surface area contributed by atoms with E-state index in [-0.39, 0.29) is 0 Å². The van der Waals surface area contributed by atoms with Crippen molar-refractivity contribution in [2.24, 2.45) is 0 Å². The van der Waals surface area contributed by atoms with Crippen molar-refractivity contribution in [1.82, 2.24) is 0 Å². The molecule has 0 aliphatic heterocycles. The number of para-hydroxylation sites is 4. The Bertz CT molecular complexity index is 2820. The Kier molecular flexibility index (Phi) is 7.33. The second-order valence-electron chi connectivity index (χ2n) is 12.9. The quantitative estimate of drug-likeness (QED) is 0.167. The number of rotatable bonds is 7.